The molecule has 0 saturated heterocycles. The van der Waals surface area contributed by atoms with E-state index in [1.54, 1.807) is 12.1 Å². The monoisotopic (exact) mass is 665 g/mol. The smallest absolute Gasteiger partial charge is 0.385 e. The minimum atomic E-state index is -4.48. The normalized spacial score (nSPS) is 12.2. The van der Waals surface area contributed by atoms with E-state index in [1.807, 2.05) is 30.5 Å². The van der Waals surface area contributed by atoms with Crippen molar-refractivity contribution in [1.29, 1.82) is 0 Å². The van der Waals surface area contributed by atoms with Gasteiger partial charge in [-0.3, -0.25) is 4.79 Å². The molecule has 1 heterocycles. The number of ether oxygens (including phenoxy) is 1. The summed E-state index contributed by atoms with van der Waals surface area (Å²) < 4.78 is 73.4. The number of H-pyrrole nitrogens is 1. The van der Waals surface area contributed by atoms with Crippen molar-refractivity contribution in [3.05, 3.63) is 100 Å². The van der Waals surface area contributed by atoms with Gasteiger partial charge in [-0.15, -0.1) is 0 Å². The number of amides is 1. The first-order valence-electron chi connectivity index (χ1n) is 13.2. The summed E-state index contributed by atoms with van der Waals surface area (Å²) in [6.07, 6.45) is -1.79. The van der Waals surface area contributed by atoms with Gasteiger partial charge < -0.3 is 14.6 Å². The molecule has 0 saturated carbocycles. The fourth-order valence-corrected chi connectivity index (χ4v) is 6.27. The highest BCUT2D eigenvalue weighted by atomic mass is 79.9. The van der Waals surface area contributed by atoms with Crippen molar-refractivity contribution in [3.63, 3.8) is 0 Å². The fraction of sp³-hybridized carbons (Fsp3) is 0.300. The van der Waals surface area contributed by atoms with Crippen molar-refractivity contribution in [2.24, 2.45) is 0 Å². The van der Waals surface area contributed by atoms with Crippen molar-refractivity contribution in [2.75, 3.05) is 33.4 Å². The highest BCUT2D eigenvalue weighted by molar-refractivity contribution is 9.10. The Kier molecular flexibility index (Phi) is 10.5. The number of hydrogen-bond donors (Lipinski definition) is 1. The van der Waals surface area contributed by atoms with Gasteiger partial charge in [-0.05, 0) is 66.4 Å². The third kappa shape index (κ3) is 8.00. The molecule has 0 spiro atoms. The Balaban J connectivity index is 1.60. The van der Waals surface area contributed by atoms with Gasteiger partial charge in [0.25, 0.3) is 0 Å². The van der Waals surface area contributed by atoms with Gasteiger partial charge in [0.2, 0.25) is 15.9 Å². The summed E-state index contributed by atoms with van der Waals surface area (Å²) in [5.41, 5.74) is 1.62. The van der Waals surface area contributed by atoms with Gasteiger partial charge in [0, 0.05) is 54.9 Å². The lowest BCUT2D eigenvalue weighted by Crippen LogP contribution is -2.43. The Labute approximate surface area is 251 Å². The molecule has 3 aromatic carbocycles. The lowest BCUT2D eigenvalue weighted by molar-refractivity contribution is -0.137. The number of carbonyl (C=O) groups is 1. The molecule has 4 rings (SSSR count). The SMILES string of the molecule is COCCCN(CC(=O)N(CCc1c[nH]c2ccccc12)Cc1ccc(C(F)(F)F)cc1)S(=O)(=O)c1ccc(Br)cc1. The first-order valence-corrected chi connectivity index (χ1v) is 15.5. The van der Waals surface area contributed by atoms with Gasteiger partial charge in [0.1, 0.15) is 0 Å². The van der Waals surface area contributed by atoms with E-state index in [9.17, 15) is 26.4 Å². The standard InChI is InChI=1S/C30H31BrF3N3O4S/c1-41-18-4-16-37(42(39,40)26-13-11-25(31)12-14-26)21-29(38)36(20-22-7-9-24(10-8-22)30(32,33)34)17-15-23-19-35-28-6-3-2-5-27(23)28/h2-3,5-14,19,35H,4,15-18,20-21H2,1H3. The summed E-state index contributed by atoms with van der Waals surface area (Å²) in [6.45, 7) is 0.164. The van der Waals surface area contributed by atoms with Gasteiger partial charge >= 0.3 is 6.18 Å². The maximum Gasteiger partial charge on any atom is 0.416 e. The quantitative estimate of drug-likeness (QED) is 0.171. The molecule has 0 aliphatic heterocycles. The summed E-state index contributed by atoms with van der Waals surface area (Å²) in [4.78, 5) is 18.5. The summed E-state index contributed by atoms with van der Waals surface area (Å²) in [6, 6.07) is 18.5. The Morgan fingerprint density at radius 3 is 2.33 bits per heavy atom. The molecule has 0 radical (unpaired) electrons. The molecule has 0 fully saturated rings. The summed E-state index contributed by atoms with van der Waals surface area (Å²) in [7, 11) is -2.52. The minimum Gasteiger partial charge on any atom is -0.385 e. The van der Waals surface area contributed by atoms with Crippen LogP contribution in [-0.2, 0) is 38.7 Å². The summed E-state index contributed by atoms with van der Waals surface area (Å²) >= 11 is 3.30. The van der Waals surface area contributed by atoms with Crippen LogP contribution in [0.2, 0.25) is 0 Å². The molecule has 4 aromatic rings. The zero-order valence-corrected chi connectivity index (χ0v) is 25.3. The number of fused-ring (bicyclic) bond motifs is 1. The molecule has 0 atom stereocenters. The Morgan fingerprint density at radius 2 is 1.67 bits per heavy atom. The zero-order chi connectivity index (χ0) is 30.3. The lowest BCUT2D eigenvalue weighted by Gasteiger charge is -2.27. The van der Waals surface area contributed by atoms with E-state index in [0.717, 1.165) is 32.9 Å². The van der Waals surface area contributed by atoms with E-state index in [-0.39, 0.29) is 24.5 Å². The number of methoxy groups -OCH3 is 1. The molecule has 0 aliphatic carbocycles. The van der Waals surface area contributed by atoms with Crippen molar-refractivity contribution < 1.29 is 31.1 Å². The number of nitrogens with zero attached hydrogens (tertiary/aromatic N) is 2. The second-order valence-corrected chi connectivity index (χ2v) is 12.6. The highest BCUT2D eigenvalue weighted by Crippen LogP contribution is 2.29. The Hall–Kier alpha value is -3.19. The molecule has 7 nitrogen and oxygen atoms in total. The first kappa shape index (κ1) is 31.7. The van der Waals surface area contributed by atoms with Gasteiger partial charge in [-0.1, -0.05) is 46.3 Å². The number of alkyl halides is 3. The summed E-state index contributed by atoms with van der Waals surface area (Å²) in [5.74, 6) is -0.465. The van der Waals surface area contributed by atoms with Crippen molar-refractivity contribution in [3.8, 4) is 0 Å². The average molecular weight is 667 g/mol. The van der Waals surface area contributed by atoms with Gasteiger partial charge in [-0.25, -0.2) is 8.42 Å². The molecule has 1 amide bonds. The van der Waals surface area contributed by atoms with Crippen LogP contribution < -0.4 is 0 Å². The van der Waals surface area contributed by atoms with Crippen molar-refractivity contribution in [1.82, 2.24) is 14.2 Å². The number of aromatic amines is 1. The summed E-state index contributed by atoms with van der Waals surface area (Å²) in [5, 5.41) is 0.999. The number of aromatic nitrogens is 1. The van der Waals surface area contributed by atoms with E-state index in [2.05, 4.69) is 20.9 Å². The average Bonchev–Trinajstić information content (AvgIpc) is 3.37. The molecule has 224 valence electrons. The Bertz CT molecular complexity index is 1590. The van der Waals surface area contributed by atoms with Crippen LogP contribution in [0.5, 0.6) is 0 Å². The van der Waals surface area contributed by atoms with E-state index < -0.39 is 34.2 Å². The molecule has 12 heteroatoms. The third-order valence-electron chi connectivity index (χ3n) is 6.85. The highest BCUT2D eigenvalue weighted by Gasteiger charge is 2.31. The molecule has 0 aliphatic rings. The van der Waals surface area contributed by atoms with Crippen molar-refractivity contribution >= 4 is 42.8 Å². The number of para-hydroxylation sites is 1. The predicted molar refractivity (Wildman–Crippen MR) is 158 cm³/mol. The predicted octanol–water partition coefficient (Wildman–Crippen LogP) is 6.25. The fourth-order valence-electron chi connectivity index (χ4n) is 4.58. The zero-order valence-electron chi connectivity index (χ0n) is 22.9. The van der Waals surface area contributed by atoms with Crippen LogP contribution in [-0.4, -0.2) is 61.9 Å². The van der Waals surface area contributed by atoms with Crippen LogP contribution in [0.3, 0.4) is 0 Å². The van der Waals surface area contributed by atoms with Gasteiger partial charge in [0.15, 0.2) is 0 Å². The van der Waals surface area contributed by atoms with Crippen molar-refractivity contribution in [2.45, 2.75) is 30.5 Å². The molecule has 42 heavy (non-hydrogen) atoms. The van der Waals surface area contributed by atoms with E-state index in [0.29, 0.717) is 29.5 Å². The number of benzene rings is 3. The number of halogens is 4. The molecule has 1 aromatic heterocycles. The van der Waals surface area contributed by atoms with Crippen LogP contribution in [0.15, 0.2) is 88.4 Å². The number of rotatable bonds is 13. The lowest BCUT2D eigenvalue weighted by atomic mass is 10.1. The van der Waals surface area contributed by atoms with Crippen LogP contribution in [0.1, 0.15) is 23.1 Å². The van der Waals surface area contributed by atoms with Crippen LogP contribution in [0, 0.1) is 0 Å². The molecule has 0 bridgehead atoms. The molecular formula is C30H31BrF3N3O4S. The minimum absolute atomic E-state index is 0.0174. The number of carbonyl (C=O) groups excluding carboxylic acids is 1. The van der Waals surface area contributed by atoms with E-state index >= 15 is 0 Å². The van der Waals surface area contributed by atoms with E-state index in [1.165, 1.54) is 36.3 Å². The second kappa shape index (κ2) is 13.9. The second-order valence-electron chi connectivity index (χ2n) is 9.76. The first-order chi connectivity index (χ1) is 20.0. The molecule has 1 N–H and O–H groups in total. The Morgan fingerprint density at radius 1 is 0.976 bits per heavy atom. The number of nitrogens with one attached hydrogen (secondary N) is 1. The van der Waals surface area contributed by atoms with E-state index in [4.69, 9.17) is 4.74 Å². The number of hydrogen-bond acceptors (Lipinski definition) is 4. The maximum atomic E-state index is 13.8. The van der Waals surface area contributed by atoms with Gasteiger partial charge in [-0.2, -0.15) is 17.5 Å². The molecular weight excluding hydrogens is 635 g/mol. The number of sulfonamides is 1. The largest absolute Gasteiger partial charge is 0.416 e. The van der Waals surface area contributed by atoms with Crippen LogP contribution in [0.25, 0.3) is 10.9 Å². The van der Waals surface area contributed by atoms with Gasteiger partial charge in [0.05, 0.1) is 17.0 Å². The maximum absolute atomic E-state index is 13.8. The molecule has 0 unspecified atom stereocenters. The van der Waals surface area contributed by atoms with Crippen LogP contribution >= 0.6 is 15.9 Å². The third-order valence-corrected chi connectivity index (χ3v) is 9.24. The van der Waals surface area contributed by atoms with Crippen LogP contribution in [0.4, 0.5) is 13.2 Å². The topological polar surface area (TPSA) is 82.7 Å².